The highest BCUT2D eigenvalue weighted by molar-refractivity contribution is 7.93. The summed E-state index contributed by atoms with van der Waals surface area (Å²) >= 11 is 0.974. The number of sulfonamides is 1. The van der Waals surface area contributed by atoms with Crippen LogP contribution >= 0.6 is 11.5 Å². The summed E-state index contributed by atoms with van der Waals surface area (Å²) in [6.45, 7) is 3.10. The van der Waals surface area contributed by atoms with Gasteiger partial charge in [0, 0.05) is 17.1 Å². The average Bonchev–Trinajstić information content (AvgIpc) is 2.74. The zero-order chi connectivity index (χ0) is 14.0. The van der Waals surface area contributed by atoms with Crippen molar-refractivity contribution in [1.29, 1.82) is 0 Å². The Morgan fingerprint density at radius 2 is 1.89 bits per heavy atom. The summed E-state index contributed by atoms with van der Waals surface area (Å²) in [5, 5.41) is 0.216. The van der Waals surface area contributed by atoms with Crippen LogP contribution in [0.1, 0.15) is 23.1 Å². The Balaban J connectivity index is 2.26. The molecule has 2 rings (SSSR count). The minimum Gasteiger partial charge on any atom is -0.295 e. The summed E-state index contributed by atoms with van der Waals surface area (Å²) in [4.78, 5) is 15.1. The fraction of sp³-hybridized carbons (Fsp3) is 0.182. The van der Waals surface area contributed by atoms with E-state index in [0.29, 0.717) is 11.4 Å². The number of nitrogens with one attached hydrogen (secondary N) is 1. The van der Waals surface area contributed by atoms with Crippen LogP contribution in [0.15, 0.2) is 29.2 Å². The smallest absolute Gasteiger partial charge is 0.263 e. The summed E-state index contributed by atoms with van der Waals surface area (Å²) < 4.78 is 30.3. The molecule has 0 aliphatic carbocycles. The van der Waals surface area contributed by atoms with Crippen LogP contribution in [-0.2, 0) is 10.0 Å². The number of hydrogen-bond donors (Lipinski definition) is 1. The van der Waals surface area contributed by atoms with Gasteiger partial charge in [0.1, 0.15) is 5.82 Å². The van der Waals surface area contributed by atoms with Crippen LogP contribution in [0.5, 0.6) is 0 Å². The Labute approximate surface area is 114 Å². The number of hydrogen-bond acceptors (Lipinski definition) is 6. The Morgan fingerprint density at radius 1 is 1.26 bits per heavy atom. The maximum absolute atomic E-state index is 12.0. The molecule has 1 heterocycles. The lowest BCUT2D eigenvalue weighted by atomic mass is 10.2. The zero-order valence-corrected chi connectivity index (χ0v) is 11.9. The number of aromatic nitrogens is 2. The second-order valence-electron chi connectivity index (χ2n) is 3.83. The standard InChI is InChI=1S/C11H11N3O3S2/c1-7(15)9-3-5-10(6-4-9)19(16,17)14-11-12-8(2)13-18-11/h3-6H,1-2H3,(H,12,13,14). The number of carbonyl (C=O) groups is 1. The van der Waals surface area contributed by atoms with E-state index in [1.807, 2.05) is 0 Å². The Kier molecular flexibility index (Phi) is 3.63. The maximum atomic E-state index is 12.0. The van der Waals surface area contributed by atoms with Gasteiger partial charge < -0.3 is 0 Å². The van der Waals surface area contributed by atoms with Gasteiger partial charge in [0.25, 0.3) is 10.0 Å². The lowest BCUT2D eigenvalue weighted by Gasteiger charge is -2.05. The first-order valence-corrected chi connectivity index (χ1v) is 7.58. The highest BCUT2D eigenvalue weighted by atomic mass is 32.2. The Hall–Kier alpha value is -1.80. The van der Waals surface area contributed by atoms with Crippen molar-refractivity contribution in [2.24, 2.45) is 0 Å². The lowest BCUT2D eigenvalue weighted by Crippen LogP contribution is -2.13. The third-order valence-electron chi connectivity index (χ3n) is 2.32. The van der Waals surface area contributed by atoms with E-state index in [9.17, 15) is 13.2 Å². The van der Waals surface area contributed by atoms with Gasteiger partial charge in [0.05, 0.1) is 4.90 Å². The molecule has 8 heteroatoms. The number of rotatable bonds is 4. The molecule has 0 bridgehead atoms. The van der Waals surface area contributed by atoms with Crippen molar-refractivity contribution in [1.82, 2.24) is 9.36 Å². The number of benzene rings is 1. The van der Waals surface area contributed by atoms with Gasteiger partial charge in [0.15, 0.2) is 5.78 Å². The molecule has 2 aromatic rings. The molecule has 0 aliphatic rings. The SMILES string of the molecule is CC(=O)c1ccc(S(=O)(=O)Nc2nc(C)ns2)cc1. The zero-order valence-electron chi connectivity index (χ0n) is 10.2. The van der Waals surface area contributed by atoms with Gasteiger partial charge in [-0.2, -0.15) is 4.37 Å². The van der Waals surface area contributed by atoms with Gasteiger partial charge in [-0.1, -0.05) is 12.1 Å². The number of anilines is 1. The first-order valence-electron chi connectivity index (χ1n) is 5.32. The number of aryl methyl sites for hydroxylation is 1. The normalized spacial score (nSPS) is 11.3. The molecule has 0 spiro atoms. The van der Waals surface area contributed by atoms with Crippen LogP contribution in [0.25, 0.3) is 0 Å². The Bertz CT molecular complexity index is 705. The summed E-state index contributed by atoms with van der Waals surface area (Å²) in [7, 11) is -3.70. The van der Waals surface area contributed by atoms with E-state index in [0.717, 1.165) is 11.5 Å². The predicted octanol–water partition coefficient (Wildman–Crippen LogP) is 1.85. The molecule has 19 heavy (non-hydrogen) atoms. The average molecular weight is 297 g/mol. The van der Waals surface area contributed by atoms with E-state index in [-0.39, 0.29) is 15.8 Å². The molecule has 0 amide bonds. The monoisotopic (exact) mass is 297 g/mol. The highest BCUT2D eigenvalue weighted by Gasteiger charge is 2.16. The summed E-state index contributed by atoms with van der Waals surface area (Å²) in [6, 6.07) is 5.71. The molecule has 1 N–H and O–H groups in total. The second kappa shape index (κ2) is 5.06. The van der Waals surface area contributed by atoms with Gasteiger partial charge in [-0.15, -0.1) is 0 Å². The van der Waals surface area contributed by atoms with E-state index in [1.54, 1.807) is 6.92 Å². The van der Waals surface area contributed by atoms with E-state index < -0.39 is 10.0 Å². The molecule has 0 unspecified atom stereocenters. The first kappa shape index (κ1) is 13.6. The molecule has 0 aliphatic heterocycles. The van der Waals surface area contributed by atoms with Crippen molar-refractivity contribution in [2.45, 2.75) is 18.7 Å². The van der Waals surface area contributed by atoms with E-state index >= 15 is 0 Å². The van der Waals surface area contributed by atoms with Crippen LogP contribution < -0.4 is 4.72 Å². The number of ketones is 1. The van der Waals surface area contributed by atoms with Crippen molar-refractivity contribution in [2.75, 3.05) is 4.72 Å². The molecule has 0 fully saturated rings. The van der Waals surface area contributed by atoms with Crippen LogP contribution in [-0.4, -0.2) is 23.6 Å². The van der Waals surface area contributed by atoms with E-state index in [1.165, 1.54) is 31.2 Å². The molecule has 1 aromatic carbocycles. The van der Waals surface area contributed by atoms with Crippen LogP contribution in [0.2, 0.25) is 0 Å². The van der Waals surface area contributed by atoms with Crippen molar-refractivity contribution in [3.8, 4) is 0 Å². The minimum absolute atomic E-state index is 0.0744. The third-order valence-corrected chi connectivity index (χ3v) is 4.53. The molecule has 100 valence electrons. The molecule has 0 atom stereocenters. The summed E-state index contributed by atoms with van der Waals surface area (Å²) in [5.41, 5.74) is 0.464. The van der Waals surface area contributed by atoms with Crippen molar-refractivity contribution >= 4 is 32.5 Å². The molecule has 0 radical (unpaired) electrons. The number of carbonyl (C=O) groups excluding carboxylic acids is 1. The van der Waals surface area contributed by atoms with Crippen molar-refractivity contribution in [3.63, 3.8) is 0 Å². The van der Waals surface area contributed by atoms with E-state index in [4.69, 9.17) is 0 Å². The maximum Gasteiger partial charge on any atom is 0.263 e. The predicted molar refractivity (Wildman–Crippen MR) is 71.9 cm³/mol. The number of Topliss-reactive ketones (excluding diaryl/α,β-unsaturated/α-hetero) is 1. The minimum atomic E-state index is -3.70. The van der Waals surface area contributed by atoms with Gasteiger partial charge in [-0.3, -0.25) is 9.52 Å². The van der Waals surface area contributed by atoms with Crippen LogP contribution in [0.4, 0.5) is 5.13 Å². The van der Waals surface area contributed by atoms with Crippen molar-refractivity contribution in [3.05, 3.63) is 35.7 Å². The van der Waals surface area contributed by atoms with Gasteiger partial charge in [-0.25, -0.2) is 13.4 Å². The molecule has 1 aromatic heterocycles. The molecule has 0 saturated carbocycles. The molecular formula is C11H11N3O3S2. The third kappa shape index (κ3) is 3.15. The van der Waals surface area contributed by atoms with Crippen molar-refractivity contribution < 1.29 is 13.2 Å². The van der Waals surface area contributed by atoms with Crippen LogP contribution in [0, 0.1) is 6.92 Å². The van der Waals surface area contributed by atoms with Gasteiger partial charge in [0.2, 0.25) is 5.13 Å². The van der Waals surface area contributed by atoms with E-state index in [2.05, 4.69) is 14.1 Å². The highest BCUT2D eigenvalue weighted by Crippen LogP contribution is 2.18. The fourth-order valence-corrected chi connectivity index (χ4v) is 3.18. The second-order valence-corrected chi connectivity index (χ2v) is 6.27. The van der Waals surface area contributed by atoms with Gasteiger partial charge in [-0.05, 0) is 26.0 Å². The first-order chi connectivity index (χ1) is 8.88. The molecule has 6 nitrogen and oxygen atoms in total. The largest absolute Gasteiger partial charge is 0.295 e. The van der Waals surface area contributed by atoms with Crippen LogP contribution in [0.3, 0.4) is 0 Å². The van der Waals surface area contributed by atoms with Gasteiger partial charge >= 0.3 is 0 Å². The topological polar surface area (TPSA) is 89.0 Å². The lowest BCUT2D eigenvalue weighted by molar-refractivity contribution is 0.101. The molecular weight excluding hydrogens is 286 g/mol. The quantitative estimate of drug-likeness (QED) is 0.870. The fourth-order valence-electron chi connectivity index (χ4n) is 1.38. The number of nitrogens with zero attached hydrogens (tertiary/aromatic N) is 2. The molecule has 0 saturated heterocycles. The summed E-state index contributed by atoms with van der Waals surface area (Å²) in [6.07, 6.45) is 0. The Morgan fingerprint density at radius 3 is 2.37 bits per heavy atom. The summed E-state index contributed by atoms with van der Waals surface area (Å²) in [5.74, 6) is 0.395.